The van der Waals surface area contributed by atoms with E-state index in [4.69, 9.17) is 4.74 Å². The summed E-state index contributed by atoms with van der Waals surface area (Å²) in [6, 6.07) is 6.10. The lowest BCUT2D eigenvalue weighted by molar-refractivity contribution is -0.156. The van der Waals surface area contributed by atoms with E-state index in [1.165, 1.54) is 13.8 Å². The Labute approximate surface area is 155 Å². The number of benzene rings is 1. The van der Waals surface area contributed by atoms with Crippen molar-refractivity contribution in [3.63, 3.8) is 0 Å². The first-order valence-corrected chi connectivity index (χ1v) is 9.23. The summed E-state index contributed by atoms with van der Waals surface area (Å²) in [6.45, 7) is 3.06. The minimum absolute atomic E-state index is 0.170. The van der Waals surface area contributed by atoms with E-state index in [0.29, 0.717) is 5.56 Å². The number of halogens is 1. The normalized spacial score (nSPS) is 16.8. The highest BCUT2D eigenvalue weighted by molar-refractivity contribution is 9.10. The van der Waals surface area contributed by atoms with Gasteiger partial charge in [0.2, 0.25) is 0 Å². The van der Waals surface area contributed by atoms with Crippen LogP contribution in [0.25, 0.3) is 0 Å². The molecule has 2 amide bonds. The van der Waals surface area contributed by atoms with Crippen LogP contribution in [-0.2, 0) is 14.3 Å². The lowest BCUT2D eigenvalue weighted by atomic mass is 10.2. The average molecular weight is 411 g/mol. The summed E-state index contributed by atoms with van der Waals surface area (Å²) in [6.07, 6.45) is 3.26. The van der Waals surface area contributed by atoms with Crippen LogP contribution in [0.1, 0.15) is 49.9 Å². The van der Waals surface area contributed by atoms with Gasteiger partial charge in [0.25, 0.3) is 11.8 Å². The molecule has 0 bridgehead atoms. The number of carbonyl (C=O) groups is 3. The number of amides is 2. The number of nitrogens with one attached hydrogen (secondary N) is 2. The summed E-state index contributed by atoms with van der Waals surface area (Å²) in [4.78, 5) is 36.3. The molecule has 6 nitrogen and oxygen atoms in total. The molecule has 1 saturated carbocycles. The Morgan fingerprint density at radius 2 is 1.72 bits per heavy atom. The fourth-order valence-electron chi connectivity index (χ4n) is 2.66. The van der Waals surface area contributed by atoms with Crippen LogP contribution in [0, 0.1) is 0 Å². The first-order valence-electron chi connectivity index (χ1n) is 8.44. The van der Waals surface area contributed by atoms with Crippen molar-refractivity contribution in [2.75, 3.05) is 0 Å². The van der Waals surface area contributed by atoms with Crippen molar-refractivity contribution in [1.29, 1.82) is 0 Å². The van der Waals surface area contributed by atoms with Gasteiger partial charge in [-0.1, -0.05) is 28.8 Å². The third kappa shape index (κ3) is 5.85. The van der Waals surface area contributed by atoms with Crippen molar-refractivity contribution >= 4 is 33.7 Å². The number of rotatable bonds is 6. The zero-order valence-electron chi connectivity index (χ0n) is 14.4. The first kappa shape index (κ1) is 19.4. The van der Waals surface area contributed by atoms with Crippen LogP contribution < -0.4 is 10.6 Å². The van der Waals surface area contributed by atoms with Crippen molar-refractivity contribution < 1.29 is 19.1 Å². The third-order valence-corrected chi connectivity index (χ3v) is 4.70. The van der Waals surface area contributed by atoms with Crippen molar-refractivity contribution in [1.82, 2.24) is 10.6 Å². The maximum atomic E-state index is 12.1. The van der Waals surface area contributed by atoms with E-state index in [1.807, 2.05) is 0 Å². The molecular weight excluding hydrogens is 388 g/mol. The van der Waals surface area contributed by atoms with E-state index >= 15 is 0 Å². The zero-order valence-corrected chi connectivity index (χ0v) is 16.0. The van der Waals surface area contributed by atoms with Crippen LogP contribution in [0.2, 0.25) is 0 Å². The predicted molar refractivity (Wildman–Crippen MR) is 97.0 cm³/mol. The molecule has 7 heteroatoms. The van der Waals surface area contributed by atoms with Gasteiger partial charge in [-0.05, 0) is 51.0 Å². The molecule has 0 saturated heterocycles. The minimum atomic E-state index is -0.889. The molecule has 2 N–H and O–H groups in total. The lowest BCUT2D eigenvalue weighted by Gasteiger charge is -2.19. The Balaban J connectivity index is 1.81. The molecule has 1 aliphatic carbocycles. The van der Waals surface area contributed by atoms with Crippen molar-refractivity contribution in [2.45, 2.75) is 57.7 Å². The fraction of sp³-hybridized carbons (Fsp3) is 0.500. The topological polar surface area (TPSA) is 84.5 Å². The maximum absolute atomic E-state index is 12.1. The first-order chi connectivity index (χ1) is 11.9. The highest BCUT2D eigenvalue weighted by Gasteiger charge is 2.25. The van der Waals surface area contributed by atoms with E-state index in [2.05, 4.69) is 26.6 Å². The largest absolute Gasteiger partial charge is 0.451 e. The fourth-order valence-corrected chi connectivity index (χ4v) is 2.92. The molecular formula is C18H23BrN2O4. The highest BCUT2D eigenvalue weighted by Crippen LogP contribution is 2.17. The smallest absolute Gasteiger partial charge is 0.329 e. The van der Waals surface area contributed by atoms with Crippen LogP contribution in [0.15, 0.2) is 28.7 Å². The highest BCUT2D eigenvalue weighted by atomic mass is 79.9. The predicted octanol–water partition coefficient (Wildman–Crippen LogP) is 2.56. The van der Waals surface area contributed by atoms with Gasteiger partial charge >= 0.3 is 5.97 Å². The molecule has 2 atom stereocenters. The van der Waals surface area contributed by atoms with Crippen molar-refractivity contribution in [3.8, 4) is 0 Å². The Morgan fingerprint density at radius 3 is 2.32 bits per heavy atom. The molecule has 1 aromatic rings. The Hall–Kier alpha value is -1.89. The monoisotopic (exact) mass is 410 g/mol. The standard InChI is InChI=1S/C18H23BrN2O4/c1-11(20-17(23)13-7-9-14(19)10-8-13)18(24)25-12(2)16(22)21-15-5-3-4-6-15/h7-12,15H,3-6H2,1-2H3,(H,20,23)(H,21,22)/t11-,12-/m0/s1. The molecule has 1 aromatic carbocycles. The summed E-state index contributed by atoms with van der Waals surface area (Å²) in [5, 5.41) is 5.46. The molecule has 0 heterocycles. The van der Waals surface area contributed by atoms with Crippen molar-refractivity contribution in [3.05, 3.63) is 34.3 Å². The Bertz CT molecular complexity index is 626. The van der Waals surface area contributed by atoms with Crippen molar-refractivity contribution in [2.24, 2.45) is 0 Å². The number of esters is 1. The van der Waals surface area contributed by atoms with E-state index in [1.54, 1.807) is 24.3 Å². The molecule has 0 aromatic heterocycles. The van der Waals surface area contributed by atoms with Crippen LogP contribution in [0.3, 0.4) is 0 Å². The summed E-state index contributed by atoms with van der Waals surface area (Å²) in [7, 11) is 0. The van der Waals surface area contributed by atoms with Crippen LogP contribution in [-0.4, -0.2) is 36.0 Å². The van der Waals surface area contributed by atoms with Gasteiger partial charge in [0.05, 0.1) is 0 Å². The third-order valence-electron chi connectivity index (χ3n) is 4.17. The molecule has 0 radical (unpaired) electrons. The SMILES string of the molecule is C[C@H](NC(=O)c1ccc(Br)cc1)C(=O)O[C@@H](C)C(=O)NC1CCCC1. The molecule has 136 valence electrons. The second-order valence-corrected chi connectivity index (χ2v) is 7.19. The molecule has 1 fully saturated rings. The van der Waals surface area contributed by atoms with Gasteiger partial charge < -0.3 is 15.4 Å². The summed E-state index contributed by atoms with van der Waals surface area (Å²) in [5.41, 5.74) is 0.440. The van der Waals surface area contributed by atoms with Gasteiger partial charge in [0, 0.05) is 16.1 Å². The van der Waals surface area contributed by atoms with Gasteiger partial charge in [-0.25, -0.2) is 4.79 Å². The summed E-state index contributed by atoms with van der Waals surface area (Å²) in [5.74, 6) is -1.31. The van der Waals surface area contributed by atoms with Crippen LogP contribution >= 0.6 is 15.9 Å². The van der Waals surface area contributed by atoms with Gasteiger partial charge in [0.1, 0.15) is 6.04 Å². The Morgan fingerprint density at radius 1 is 1.12 bits per heavy atom. The number of carbonyl (C=O) groups excluding carboxylic acids is 3. The quantitative estimate of drug-likeness (QED) is 0.705. The van der Waals surface area contributed by atoms with E-state index < -0.39 is 18.1 Å². The van der Waals surface area contributed by atoms with Gasteiger partial charge in [-0.3, -0.25) is 9.59 Å². The molecule has 0 aliphatic heterocycles. The Kier molecular flexibility index (Phi) is 6.99. The van der Waals surface area contributed by atoms with Gasteiger partial charge in [-0.15, -0.1) is 0 Å². The second-order valence-electron chi connectivity index (χ2n) is 6.27. The molecule has 0 unspecified atom stereocenters. The second kappa shape index (κ2) is 8.99. The number of hydrogen-bond donors (Lipinski definition) is 2. The maximum Gasteiger partial charge on any atom is 0.329 e. The van der Waals surface area contributed by atoms with Gasteiger partial charge in [-0.2, -0.15) is 0 Å². The van der Waals surface area contributed by atoms with Crippen LogP contribution in [0.4, 0.5) is 0 Å². The number of hydrogen-bond acceptors (Lipinski definition) is 4. The van der Waals surface area contributed by atoms with E-state index in [0.717, 1.165) is 30.2 Å². The van der Waals surface area contributed by atoms with Crippen LogP contribution in [0.5, 0.6) is 0 Å². The van der Waals surface area contributed by atoms with E-state index in [-0.39, 0.29) is 17.9 Å². The minimum Gasteiger partial charge on any atom is -0.451 e. The molecule has 25 heavy (non-hydrogen) atoms. The summed E-state index contributed by atoms with van der Waals surface area (Å²) < 4.78 is 6.03. The molecule has 0 spiro atoms. The number of ether oxygens (including phenoxy) is 1. The lowest BCUT2D eigenvalue weighted by Crippen LogP contribution is -2.45. The summed E-state index contributed by atoms with van der Waals surface area (Å²) >= 11 is 3.30. The average Bonchev–Trinajstić information content (AvgIpc) is 3.08. The van der Waals surface area contributed by atoms with E-state index in [9.17, 15) is 14.4 Å². The van der Waals surface area contributed by atoms with Gasteiger partial charge in [0.15, 0.2) is 6.10 Å². The molecule has 1 aliphatic rings. The molecule has 2 rings (SSSR count). The zero-order chi connectivity index (χ0) is 18.4.